The summed E-state index contributed by atoms with van der Waals surface area (Å²) in [5.41, 5.74) is 0.486. The van der Waals surface area contributed by atoms with Crippen LogP contribution in [-0.2, 0) is 6.61 Å². The molecule has 1 heterocycles. The maximum atomic E-state index is 10.9. The second-order valence-electron chi connectivity index (χ2n) is 4.39. The third-order valence-electron chi connectivity index (χ3n) is 2.88. The summed E-state index contributed by atoms with van der Waals surface area (Å²) in [6, 6.07) is 5.29. The van der Waals surface area contributed by atoms with Gasteiger partial charge >= 0.3 is 0 Å². The summed E-state index contributed by atoms with van der Waals surface area (Å²) >= 11 is 3.35. The van der Waals surface area contributed by atoms with Crippen molar-refractivity contribution in [2.75, 3.05) is 0 Å². The lowest BCUT2D eigenvalue weighted by molar-refractivity contribution is 0.111. The molecule has 3 rings (SSSR count). The maximum absolute atomic E-state index is 10.9. The zero-order valence-electron chi connectivity index (χ0n) is 10.0. The van der Waals surface area contributed by atoms with Crippen molar-refractivity contribution in [1.82, 2.24) is 10.1 Å². The molecule has 0 bridgehead atoms. The number of aromatic nitrogens is 2. The average molecular weight is 323 g/mol. The second-order valence-corrected chi connectivity index (χ2v) is 5.24. The van der Waals surface area contributed by atoms with Gasteiger partial charge < -0.3 is 9.26 Å². The normalized spacial score (nSPS) is 14.4. The van der Waals surface area contributed by atoms with E-state index in [1.807, 2.05) is 6.07 Å². The van der Waals surface area contributed by atoms with Crippen molar-refractivity contribution < 1.29 is 14.1 Å². The second kappa shape index (κ2) is 5.13. The molecular weight excluding hydrogens is 312 g/mol. The Morgan fingerprint density at radius 2 is 2.32 bits per heavy atom. The van der Waals surface area contributed by atoms with Gasteiger partial charge in [-0.25, -0.2) is 0 Å². The number of para-hydroxylation sites is 1. The summed E-state index contributed by atoms with van der Waals surface area (Å²) in [4.78, 5) is 15.2. The minimum absolute atomic E-state index is 0.180. The molecule has 1 aromatic heterocycles. The Bertz CT molecular complexity index is 608. The molecule has 0 radical (unpaired) electrons. The van der Waals surface area contributed by atoms with Crippen molar-refractivity contribution in [1.29, 1.82) is 0 Å². The van der Waals surface area contributed by atoms with Crippen molar-refractivity contribution in [3.05, 3.63) is 40.0 Å². The summed E-state index contributed by atoms with van der Waals surface area (Å²) in [6.07, 6.45) is 2.98. The Hall–Kier alpha value is -1.69. The van der Waals surface area contributed by atoms with E-state index >= 15 is 0 Å². The molecule has 6 heteroatoms. The number of aldehydes is 1. The van der Waals surface area contributed by atoms with E-state index in [1.165, 1.54) is 0 Å². The van der Waals surface area contributed by atoms with Gasteiger partial charge in [-0.3, -0.25) is 4.79 Å². The molecule has 0 spiro atoms. The van der Waals surface area contributed by atoms with Crippen LogP contribution in [0.15, 0.2) is 27.2 Å². The van der Waals surface area contributed by atoms with Crippen molar-refractivity contribution in [3.8, 4) is 5.75 Å². The van der Waals surface area contributed by atoms with Gasteiger partial charge in [-0.15, -0.1) is 0 Å². The fourth-order valence-electron chi connectivity index (χ4n) is 1.73. The number of ether oxygens (including phenoxy) is 1. The first-order valence-electron chi connectivity index (χ1n) is 5.97. The van der Waals surface area contributed by atoms with Crippen LogP contribution in [0.5, 0.6) is 5.75 Å². The number of halogens is 1. The van der Waals surface area contributed by atoms with Crippen LogP contribution in [-0.4, -0.2) is 16.4 Å². The van der Waals surface area contributed by atoms with Crippen LogP contribution in [0.3, 0.4) is 0 Å². The lowest BCUT2D eigenvalue weighted by Gasteiger charge is -2.07. The van der Waals surface area contributed by atoms with Crippen LogP contribution in [0, 0.1) is 0 Å². The number of carbonyl (C=O) groups excluding carboxylic acids is 1. The van der Waals surface area contributed by atoms with Gasteiger partial charge in [0.1, 0.15) is 5.75 Å². The summed E-state index contributed by atoms with van der Waals surface area (Å²) in [5, 5.41) is 3.86. The Kier molecular flexibility index (Phi) is 3.33. The highest BCUT2D eigenvalue weighted by molar-refractivity contribution is 9.10. The molecule has 0 aliphatic heterocycles. The number of hydrogen-bond acceptors (Lipinski definition) is 5. The van der Waals surface area contributed by atoms with E-state index in [0.29, 0.717) is 28.9 Å². The van der Waals surface area contributed by atoms with E-state index < -0.39 is 0 Å². The average Bonchev–Trinajstić information content (AvgIpc) is 3.17. The van der Waals surface area contributed by atoms with Gasteiger partial charge in [-0.2, -0.15) is 4.98 Å². The number of carbonyl (C=O) groups is 1. The molecule has 0 saturated heterocycles. The lowest BCUT2D eigenvalue weighted by atomic mass is 10.2. The molecule has 1 fully saturated rings. The van der Waals surface area contributed by atoms with Gasteiger partial charge in [0, 0.05) is 5.92 Å². The summed E-state index contributed by atoms with van der Waals surface area (Å²) in [5.74, 6) is 2.10. The number of benzene rings is 1. The van der Waals surface area contributed by atoms with E-state index in [-0.39, 0.29) is 6.61 Å². The lowest BCUT2D eigenvalue weighted by Crippen LogP contribution is -2.01. The molecule has 0 unspecified atom stereocenters. The van der Waals surface area contributed by atoms with Crippen LogP contribution < -0.4 is 4.74 Å². The van der Waals surface area contributed by atoms with Crippen LogP contribution in [0.4, 0.5) is 0 Å². The molecule has 5 nitrogen and oxygen atoms in total. The Labute approximate surface area is 118 Å². The van der Waals surface area contributed by atoms with Crippen molar-refractivity contribution >= 4 is 22.2 Å². The molecule has 1 saturated carbocycles. The third-order valence-corrected chi connectivity index (χ3v) is 3.50. The van der Waals surface area contributed by atoms with Crippen LogP contribution in [0.25, 0.3) is 0 Å². The molecule has 98 valence electrons. The first-order valence-corrected chi connectivity index (χ1v) is 6.76. The van der Waals surface area contributed by atoms with E-state index in [9.17, 15) is 4.79 Å². The molecule has 0 N–H and O–H groups in total. The predicted octanol–water partition coefficient (Wildman–Crippen LogP) is 3.10. The first-order chi connectivity index (χ1) is 9.28. The standard InChI is InChI=1S/C13H11BrN2O3/c14-10-3-1-2-9(6-17)12(10)18-7-11-15-13(19-16-11)8-4-5-8/h1-3,6,8H,4-5,7H2. The van der Waals surface area contributed by atoms with Gasteiger partial charge in [0.05, 0.1) is 10.0 Å². The fraction of sp³-hybridized carbons (Fsp3) is 0.308. The van der Waals surface area contributed by atoms with Gasteiger partial charge in [0.15, 0.2) is 12.9 Å². The summed E-state index contributed by atoms with van der Waals surface area (Å²) in [7, 11) is 0. The summed E-state index contributed by atoms with van der Waals surface area (Å²) in [6.45, 7) is 0.180. The topological polar surface area (TPSA) is 65.2 Å². The number of nitrogens with zero attached hydrogens (tertiary/aromatic N) is 2. The SMILES string of the molecule is O=Cc1cccc(Br)c1OCc1noc(C2CC2)n1. The molecule has 1 aromatic carbocycles. The molecule has 19 heavy (non-hydrogen) atoms. The Morgan fingerprint density at radius 3 is 3.05 bits per heavy atom. The van der Waals surface area contributed by atoms with Gasteiger partial charge in [0.2, 0.25) is 11.7 Å². The highest BCUT2D eigenvalue weighted by Crippen LogP contribution is 2.38. The van der Waals surface area contributed by atoms with E-state index in [0.717, 1.165) is 23.6 Å². The van der Waals surface area contributed by atoms with E-state index in [1.54, 1.807) is 12.1 Å². The highest BCUT2D eigenvalue weighted by Gasteiger charge is 2.29. The van der Waals surface area contributed by atoms with Crippen LogP contribution in [0.1, 0.15) is 40.8 Å². The zero-order chi connectivity index (χ0) is 13.2. The van der Waals surface area contributed by atoms with Crippen molar-refractivity contribution in [2.45, 2.75) is 25.4 Å². The number of rotatable bonds is 5. The van der Waals surface area contributed by atoms with Crippen LogP contribution >= 0.6 is 15.9 Å². The minimum Gasteiger partial charge on any atom is -0.484 e. The monoisotopic (exact) mass is 322 g/mol. The van der Waals surface area contributed by atoms with Crippen molar-refractivity contribution in [3.63, 3.8) is 0 Å². The largest absolute Gasteiger partial charge is 0.484 e. The Morgan fingerprint density at radius 1 is 1.47 bits per heavy atom. The van der Waals surface area contributed by atoms with Crippen molar-refractivity contribution in [2.24, 2.45) is 0 Å². The highest BCUT2D eigenvalue weighted by atomic mass is 79.9. The molecule has 1 aliphatic carbocycles. The van der Waals surface area contributed by atoms with Gasteiger partial charge in [-0.1, -0.05) is 11.2 Å². The molecule has 1 aliphatic rings. The number of hydrogen-bond donors (Lipinski definition) is 0. The first kappa shape index (κ1) is 12.3. The maximum Gasteiger partial charge on any atom is 0.229 e. The van der Waals surface area contributed by atoms with Crippen LogP contribution in [0.2, 0.25) is 0 Å². The minimum atomic E-state index is 0.180. The zero-order valence-corrected chi connectivity index (χ0v) is 11.6. The molecule has 0 amide bonds. The van der Waals surface area contributed by atoms with E-state index in [2.05, 4.69) is 26.1 Å². The third kappa shape index (κ3) is 2.68. The molecule has 0 atom stereocenters. The van der Waals surface area contributed by atoms with E-state index in [4.69, 9.17) is 9.26 Å². The van der Waals surface area contributed by atoms with Gasteiger partial charge in [0.25, 0.3) is 0 Å². The molecular formula is C13H11BrN2O3. The molecule has 2 aromatic rings. The predicted molar refractivity (Wildman–Crippen MR) is 70.1 cm³/mol. The fourth-order valence-corrected chi connectivity index (χ4v) is 2.23. The smallest absolute Gasteiger partial charge is 0.229 e. The quantitative estimate of drug-likeness (QED) is 0.791. The van der Waals surface area contributed by atoms with Gasteiger partial charge in [-0.05, 0) is 40.9 Å². The Balaban J connectivity index is 1.72. The summed E-state index contributed by atoms with van der Waals surface area (Å²) < 4.78 is 11.5.